The average molecular weight is 268 g/mol. The maximum absolute atomic E-state index is 13.3. The molecule has 6 heteroatoms. The van der Waals surface area contributed by atoms with Crippen LogP contribution >= 0.6 is 0 Å². The second-order valence-corrected chi connectivity index (χ2v) is 5.48. The number of nitrogens with zero attached hydrogens (tertiary/aromatic N) is 2. The van der Waals surface area contributed by atoms with E-state index in [-0.39, 0.29) is 11.6 Å². The minimum atomic E-state index is -0.695. The molecule has 0 aromatic heterocycles. The van der Waals surface area contributed by atoms with E-state index in [1.54, 1.807) is 0 Å². The van der Waals surface area contributed by atoms with Gasteiger partial charge >= 0.3 is 0 Å². The zero-order valence-electron chi connectivity index (χ0n) is 11.0. The lowest BCUT2D eigenvalue weighted by Gasteiger charge is -2.49. The van der Waals surface area contributed by atoms with Crippen molar-refractivity contribution in [2.24, 2.45) is 5.92 Å². The Labute approximate surface area is 110 Å². The van der Waals surface area contributed by atoms with Crippen molar-refractivity contribution in [1.82, 2.24) is 4.90 Å². The Hall–Kier alpha value is -1.53. The maximum atomic E-state index is 13.3. The molecule has 5 nitrogen and oxygen atoms in total. The van der Waals surface area contributed by atoms with Gasteiger partial charge in [0.1, 0.15) is 5.82 Å². The first-order valence-electron chi connectivity index (χ1n) is 6.19. The van der Waals surface area contributed by atoms with Crippen LogP contribution in [0.4, 0.5) is 10.1 Å². The molecule has 19 heavy (non-hydrogen) atoms. The van der Waals surface area contributed by atoms with Crippen molar-refractivity contribution in [3.63, 3.8) is 0 Å². The van der Waals surface area contributed by atoms with E-state index in [1.807, 2.05) is 18.7 Å². The molecule has 0 spiro atoms. The zero-order valence-corrected chi connectivity index (χ0v) is 11.0. The summed E-state index contributed by atoms with van der Waals surface area (Å²) < 4.78 is 13.3. The molecule has 1 aliphatic heterocycles. The number of hydrogen-bond acceptors (Lipinski definition) is 4. The predicted molar refractivity (Wildman–Crippen MR) is 68.1 cm³/mol. The molecular weight excluding hydrogens is 251 g/mol. The molecule has 1 aromatic rings. The van der Waals surface area contributed by atoms with Gasteiger partial charge in [0.25, 0.3) is 5.69 Å². The second kappa shape index (κ2) is 4.86. The van der Waals surface area contributed by atoms with Gasteiger partial charge in [0.15, 0.2) is 0 Å². The van der Waals surface area contributed by atoms with E-state index in [1.165, 1.54) is 12.1 Å². The molecular formula is C13H17FN2O3. The summed E-state index contributed by atoms with van der Waals surface area (Å²) in [5, 5.41) is 20.8. The van der Waals surface area contributed by atoms with Crippen molar-refractivity contribution in [2.75, 3.05) is 13.1 Å². The number of rotatable bonds is 4. The predicted octanol–water partition coefficient (Wildman–Crippen LogP) is 1.94. The van der Waals surface area contributed by atoms with Crippen LogP contribution < -0.4 is 0 Å². The SMILES string of the molecule is CC(C)C1(O)CN(Cc2cc(F)cc([N+](=O)[O-])c2)C1. The molecule has 2 rings (SSSR count). The monoisotopic (exact) mass is 268 g/mol. The lowest BCUT2D eigenvalue weighted by molar-refractivity contribution is -0.385. The molecule has 0 amide bonds. The first-order valence-corrected chi connectivity index (χ1v) is 6.19. The number of halogens is 1. The van der Waals surface area contributed by atoms with Gasteiger partial charge in [-0.25, -0.2) is 4.39 Å². The summed E-state index contributed by atoms with van der Waals surface area (Å²) in [4.78, 5) is 12.0. The first kappa shape index (κ1) is 13.9. The fraction of sp³-hybridized carbons (Fsp3) is 0.538. The number of likely N-dealkylation sites (tertiary alicyclic amines) is 1. The molecule has 1 aromatic carbocycles. The first-order chi connectivity index (χ1) is 8.80. The molecule has 1 aliphatic rings. The number of β-amino-alcohol motifs (C(OH)–C–C–N with tert-alkyl or cyclic N) is 1. The summed E-state index contributed by atoms with van der Waals surface area (Å²) in [5.41, 5.74) is -0.383. The van der Waals surface area contributed by atoms with E-state index in [0.29, 0.717) is 25.2 Å². The number of hydrogen-bond donors (Lipinski definition) is 1. The molecule has 1 heterocycles. The topological polar surface area (TPSA) is 66.6 Å². The van der Waals surface area contributed by atoms with E-state index in [9.17, 15) is 19.6 Å². The Morgan fingerprint density at radius 3 is 2.63 bits per heavy atom. The van der Waals surface area contributed by atoms with Crippen molar-refractivity contribution in [1.29, 1.82) is 0 Å². The van der Waals surface area contributed by atoms with E-state index < -0.39 is 16.3 Å². The molecule has 1 N–H and O–H groups in total. The molecule has 0 unspecified atom stereocenters. The standard InChI is InChI=1S/C13H17FN2O3/c1-9(2)13(17)7-15(8-13)6-10-3-11(14)5-12(4-10)16(18)19/h3-5,9,17H,6-8H2,1-2H3. The van der Waals surface area contributed by atoms with Gasteiger partial charge in [-0.05, 0) is 17.5 Å². The smallest absolute Gasteiger partial charge is 0.272 e. The summed E-state index contributed by atoms with van der Waals surface area (Å²) in [7, 11) is 0. The van der Waals surface area contributed by atoms with Gasteiger partial charge in [-0.1, -0.05) is 13.8 Å². The van der Waals surface area contributed by atoms with E-state index >= 15 is 0 Å². The highest BCUT2D eigenvalue weighted by Gasteiger charge is 2.43. The Morgan fingerprint density at radius 2 is 2.11 bits per heavy atom. The summed E-state index contributed by atoms with van der Waals surface area (Å²) in [6, 6.07) is 3.57. The third-order valence-corrected chi connectivity index (χ3v) is 3.63. The molecule has 0 atom stereocenters. The molecule has 0 bridgehead atoms. The average Bonchev–Trinajstić information content (AvgIpc) is 2.25. The third kappa shape index (κ3) is 2.90. The van der Waals surface area contributed by atoms with Crippen LogP contribution in [0.1, 0.15) is 19.4 Å². The largest absolute Gasteiger partial charge is 0.387 e. The lowest BCUT2D eigenvalue weighted by atomic mass is 9.83. The molecule has 0 saturated carbocycles. The Kier molecular flexibility index (Phi) is 3.56. The molecule has 104 valence electrons. The zero-order chi connectivity index (χ0) is 14.2. The second-order valence-electron chi connectivity index (χ2n) is 5.48. The van der Waals surface area contributed by atoms with Gasteiger partial charge < -0.3 is 5.11 Å². The number of non-ortho nitro benzene ring substituents is 1. The fourth-order valence-electron chi connectivity index (χ4n) is 2.29. The van der Waals surface area contributed by atoms with E-state index in [4.69, 9.17) is 0 Å². The number of benzene rings is 1. The summed E-state index contributed by atoms with van der Waals surface area (Å²) in [6.45, 7) is 5.33. The molecule has 1 fully saturated rings. The third-order valence-electron chi connectivity index (χ3n) is 3.63. The van der Waals surface area contributed by atoms with Gasteiger partial charge in [0.05, 0.1) is 16.6 Å². The van der Waals surface area contributed by atoms with Crippen LogP contribution in [0.25, 0.3) is 0 Å². The Bertz CT molecular complexity index is 499. The van der Waals surface area contributed by atoms with Crippen LogP contribution in [0.15, 0.2) is 18.2 Å². The van der Waals surface area contributed by atoms with Crippen molar-refractivity contribution in [2.45, 2.75) is 26.0 Å². The van der Waals surface area contributed by atoms with Crippen LogP contribution in [0, 0.1) is 21.8 Å². The highest BCUT2D eigenvalue weighted by molar-refractivity contribution is 5.35. The maximum Gasteiger partial charge on any atom is 0.272 e. The van der Waals surface area contributed by atoms with Crippen LogP contribution in [-0.4, -0.2) is 33.6 Å². The van der Waals surface area contributed by atoms with Crippen LogP contribution in [0.3, 0.4) is 0 Å². The normalized spacial score (nSPS) is 18.4. The van der Waals surface area contributed by atoms with Crippen molar-refractivity contribution in [3.05, 3.63) is 39.7 Å². The number of nitro groups is 1. The Morgan fingerprint density at radius 1 is 1.47 bits per heavy atom. The molecule has 0 aliphatic carbocycles. The molecule has 1 saturated heterocycles. The van der Waals surface area contributed by atoms with Crippen LogP contribution in [-0.2, 0) is 6.54 Å². The van der Waals surface area contributed by atoms with Crippen molar-refractivity contribution in [3.8, 4) is 0 Å². The highest BCUT2D eigenvalue weighted by atomic mass is 19.1. The lowest BCUT2D eigenvalue weighted by Crippen LogP contribution is -2.63. The Balaban J connectivity index is 2.04. The number of nitro benzene ring substituents is 1. The van der Waals surface area contributed by atoms with Crippen molar-refractivity contribution >= 4 is 5.69 Å². The summed E-state index contributed by atoms with van der Waals surface area (Å²) >= 11 is 0. The summed E-state index contributed by atoms with van der Waals surface area (Å²) in [5.74, 6) is -0.450. The van der Waals surface area contributed by atoms with Crippen molar-refractivity contribution < 1.29 is 14.4 Å². The van der Waals surface area contributed by atoms with Gasteiger partial charge in [-0.15, -0.1) is 0 Å². The van der Waals surface area contributed by atoms with Crippen LogP contribution in [0.2, 0.25) is 0 Å². The van der Waals surface area contributed by atoms with Gasteiger partial charge in [-0.3, -0.25) is 15.0 Å². The van der Waals surface area contributed by atoms with Crippen LogP contribution in [0.5, 0.6) is 0 Å². The van der Waals surface area contributed by atoms with Gasteiger partial charge in [0.2, 0.25) is 0 Å². The minimum Gasteiger partial charge on any atom is -0.387 e. The summed E-state index contributed by atoms with van der Waals surface area (Å²) in [6.07, 6.45) is 0. The minimum absolute atomic E-state index is 0.158. The van der Waals surface area contributed by atoms with E-state index in [0.717, 1.165) is 6.07 Å². The fourth-order valence-corrected chi connectivity index (χ4v) is 2.29. The molecule has 0 radical (unpaired) electrons. The van der Waals surface area contributed by atoms with Gasteiger partial charge in [0, 0.05) is 25.7 Å². The van der Waals surface area contributed by atoms with Gasteiger partial charge in [-0.2, -0.15) is 0 Å². The highest BCUT2D eigenvalue weighted by Crippen LogP contribution is 2.30. The number of aliphatic hydroxyl groups is 1. The van der Waals surface area contributed by atoms with E-state index in [2.05, 4.69) is 0 Å². The quantitative estimate of drug-likeness (QED) is 0.669.